The van der Waals surface area contributed by atoms with Crippen LogP contribution in [0.15, 0.2) is 53.7 Å². The Balaban J connectivity index is 1.68. The quantitative estimate of drug-likeness (QED) is 0.294. The molecule has 32 heavy (non-hydrogen) atoms. The molecule has 0 bridgehead atoms. The summed E-state index contributed by atoms with van der Waals surface area (Å²) in [5.41, 5.74) is 4.08. The van der Waals surface area contributed by atoms with E-state index in [9.17, 15) is 4.79 Å². The van der Waals surface area contributed by atoms with Gasteiger partial charge in [-0.25, -0.2) is 4.98 Å². The summed E-state index contributed by atoms with van der Waals surface area (Å²) < 4.78 is 7.07. The topological polar surface area (TPSA) is 109 Å². The van der Waals surface area contributed by atoms with Crippen LogP contribution in [0.25, 0.3) is 16.7 Å². The summed E-state index contributed by atoms with van der Waals surface area (Å²) in [7, 11) is 1.60. The number of nitrogens with one attached hydrogen (secondary N) is 3. The first-order valence-electron chi connectivity index (χ1n) is 10.2. The largest absolute Gasteiger partial charge is 0.497 e. The Labute approximate surface area is 189 Å². The van der Waals surface area contributed by atoms with Crippen LogP contribution in [0, 0.1) is 12.3 Å². The Kier molecular flexibility index (Phi) is 6.27. The Hall–Kier alpha value is -3.59. The molecule has 0 radical (unpaired) electrons. The number of ether oxygens (including phenoxy) is 1. The van der Waals surface area contributed by atoms with Crippen LogP contribution in [0.4, 0.5) is 5.69 Å². The molecule has 0 fully saturated rings. The average molecular weight is 449 g/mol. The van der Waals surface area contributed by atoms with Crippen molar-refractivity contribution in [3.8, 4) is 11.4 Å². The molecule has 8 nitrogen and oxygen atoms in total. The van der Waals surface area contributed by atoms with Crippen LogP contribution >= 0.6 is 11.8 Å². The molecule has 0 aliphatic heterocycles. The van der Waals surface area contributed by atoms with E-state index in [0.717, 1.165) is 29.1 Å². The molecule has 1 amide bonds. The second-order valence-electron chi connectivity index (χ2n) is 7.17. The van der Waals surface area contributed by atoms with Crippen LogP contribution in [0.1, 0.15) is 18.2 Å². The number of aromatic nitrogens is 4. The van der Waals surface area contributed by atoms with Crippen molar-refractivity contribution in [1.82, 2.24) is 19.7 Å². The molecule has 0 atom stereocenters. The molecule has 0 unspecified atom stereocenters. The van der Waals surface area contributed by atoms with E-state index in [1.165, 1.54) is 11.8 Å². The van der Waals surface area contributed by atoms with E-state index in [4.69, 9.17) is 10.1 Å². The van der Waals surface area contributed by atoms with Crippen molar-refractivity contribution in [3.63, 3.8) is 0 Å². The number of H-pyrrole nitrogens is 1. The minimum atomic E-state index is -0.139. The van der Waals surface area contributed by atoms with E-state index in [1.807, 2.05) is 55.5 Å². The number of carbonyl (C=O) groups excluding carboxylic acids is 1. The van der Waals surface area contributed by atoms with Gasteiger partial charge >= 0.3 is 0 Å². The lowest BCUT2D eigenvalue weighted by Crippen LogP contribution is -2.23. The Morgan fingerprint density at radius 2 is 2.06 bits per heavy atom. The third-order valence-corrected chi connectivity index (χ3v) is 6.04. The van der Waals surface area contributed by atoms with Gasteiger partial charge in [0, 0.05) is 17.4 Å². The van der Waals surface area contributed by atoms with E-state index in [0.29, 0.717) is 21.9 Å². The number of benzene rings is 2. The molecule has 0 spiro atoms. The predicted molar refractivity (Wildman–Crippen MR) is 126 cm³/mol. The van der Waals surface area contributed by atoms with Crippen molar-refractivity contribution in [2.75, 3.05) is 18.2 Å². The third kappa shape index (κ3) is 4.24. The lowest BCUT2D eigenvalue weighted by atomic mass is 10.1. The van der Waals surface area contributed by atoms with Crippen molar-refractivity contribution in [2.45, 2.75) is 25.4 Å². The number of aromatic amines is 1. The van der Waals surface area contributed by atoms with Crippen molar-refractivity contribution >= 4 is 34.4 Å². The van der Waals surface area contributed by atoms with E-state index in [1.54, 1.807) is 11.7 Å². The Bertz CT molecular complexity index is 1340. The van der Waals surface area contributed by atoms with E-state index < -0.39 is 0 Å². The van der Waals surface area contributed by atoms with Crippen LogP contribution < -0.4 is 15.5 Å². The lowest BCUT2D eigenvalue weighted by molar-refractivity contribution is -0.113. The van der Waals surface area contributed by atoms with Crippen LogP contribution in [0.5, 0.6) is 5.75 Å². The zero-order valence-electron chi connectivity index (χ0n) is 18.1. The summed E-state index contributed by atoms with van der Waals surface area (Å²) in [6, 6.07) is 15.2. The number of hydrogen-bond acceptors (Lipinski definition) is 6. The highest BCUT2D eigenvalue weighted by Gasteiger charge is 2.17. The maximum absolute atomic E-state index is 12.7. The number of nitrogens with zero attached hydrogens (tertiary/aromatic N) is 3. The summed E-state index contributed by atoms with van der Waals surface area (Å²) in [5.74, 6) is 0.673. The number of rotatable bonds is 7. The fraction of sp³-hybridized carbons (Fsp3) is 0.217. The first-order chi connectivity index (χ1) is 15.5. The summed E-state index contributed by atoms with van der Waals surface area (Å²) in [4.78, 5) is 17.3. The van der Waals surface area contributed by atoms with Crippen LogP contribution in [0.2, 0.25) is 0 Å². The predicted octanol–water partition coefficient (Wildman–Crippen LogP) is 3.84. The van der Waals surface area contributed by atoms with Gasteiger partial charge < -0.3 is 10.1 Å². The monoisotopic (exact) mass is 448 g/mol. The maximum atomic E-state index is 12.7. The van der Waals surface area contributed by atoms with Gasteiger partial charge in [-0.15, -0.1) is 0 Å². The van der Waals surface area contributed by atoms with Gasteiger partial charge in [0.05, 0.1) is 23.9 Å². The molecule has 2 aromatic heterocycles. The molecule has 0 saturated carbocycles. The average Bonchev–Trinajstić information content (AvgIpc) is 3.18. The van der Waals surface area contributed by atoms with Gasteiger partial charge in [0.15, 0.2) is 10.8 Å². The molecule has 3 N–H and O–H groups in total. The standard InChI is InChI=1S/C23H24N6O2S/c1-4-15-8-5-6-11-18(15)25-19(30)13-32-23-26-22-20(14(2)27-28-22)21(24)29(23)16-9-7-10-17(12-16)31-3/h5-12,24H,4,13H2,1-3H3,(H,25,30)(H,27,28). The Morgan fingerprint density at radius 1 is 1.25 bits per heavy atom. The third-order valence-electron chi connectivity index (χ3n) is 5.10. The molecule has 4 rings (SSSR count). The van der Waals surface area contributed by atoms with Gasteiger partial charge in [-0.05, 0) is 37.1 Å². The number of fused-ring (bicyclic) bond motifs is 1. The Morgan fingerprint density at radius 3 is 2.84 bits per heavy atom. The second kappa shape index (κ2) is 9.27. The summed E-state index contributed by atoms with van der Waals surface area (Å²) >= 11 is 1.26. The molecule has 2 heterocycles. The summed E-state index contributed by atoms with van der Waals surface area (Å²) in [6.07, 6.45) is 0.832. The highest BCUT2D eigenvalue weighted by molar-refractivity contribution is 7.99. The van der Waals surface area contributed by atoms with E-state index >= 15 is 0 Å². The number of para-hydroxylation sites is 1. The van der Waals surface area contributed by atoms with E-state index in [-0.39, 0.29) is 17.1 Å². The fourth-order valence-electron chi connectivity index (χ4n) is 3.48. The van der Waals surface area contributed by atoms with Crippen LogP contribution in [-0.2, 0) is 11.2 Å². The van der Waals surface area contributed by atoms with Crippen LogP contribution in [-0.4, -0.2) is 38.5 Å². The normalized spacial score (nSPS) is 11.0. The molecule has 2 aromatic carbocycles. The van der Waals surface area contributed by atoms with Gasteiger partial charge in [0.2, 0.25) is 5.91 Å². The molecule has 0 aliphatic rings. The second-order valence-corrected chi connectivity index (χ2v) is 8.12. The number of aryl methyl sites for hydroxylation is 2. The number of carbonyl (C=O) groups is 1. The summed E-state index contributed by atoms with van der Waals surface area (Å²) in [6.45, 7) is 3.91. The maximum Gasteiger partial charge on any atom is 0.234 e. The van der Waals surface area contributed by atoms with Gasteiger partial charge in [-0.2, -0.15) is 5.10 Å². The van der Waals surface area contributed by atoms with Crippen molar-refractivity contribution in [2.24, 2.45) is 0 Å². The highest BCUT2D eigenvalue weighted by Crippen LogP contribution is 2.24. The van der Waals surface area contributed by atoms with Crippen molar-refractivity contribution in [3.05, 3.63) is 65.3 Å². The minimum Gasteiger partial charge on any atom is -0.497 e. The highest BCUT2D eigenvalue weighted by atomic mass is 32.2. The molecule has 0 saturated heterocycles. The lowest BCUT2D eigenvalue weighted by Gasteiger charge is -2.14. The van der Waals surface area contributed by atoms with Gasteiger partial charge in [-0.1, -0.05) is 43.0 Å². The van der Waals surface area contributed by atoms with Crippen molar-refractivity contribution in [1.29, 1.82) is 5.41 Å². The first kappa shape index (κ1) is 21.6. The smallest absolute Gasteiger partial charge is 0.234 e. The molecule has 9 heteroatoms. The minimum absolute atomic E-state index is 0.139. The molecule has 164 valence electrons. The van der Waals surface area contributed by atoms with E-state index in [2.05, 4.69) is 27.4 Å². The summed E-state index contributed by atoms with van der Waals surface area (Å²) in [5, 5.41) is 20.1. The van der Waals surface area contributed by atoms with Gasteiger partial charge in [-0.3, -0.25) is 19.9 Å². The molecular weight excluding hydrogens is 424 g/mol. The van der Waals surface area contributed by atoms with Gasteiger partial charge in [0.1, 0.15) is 11.2 Å². The number of thioether (sulfide) groups is 1. The van der Waals surface area contributed by atoms with Gasteiger partial charge in [0.25, 0.3) is 0 Å². The van der Waals surface area contributed by atoms with Crippen LogP contribution in [0.3, 0.4) is 0 Å². The number of methoxy groups -OCH3 is 1. The molecule has 4 aromatic rings. The number of hydrogen-bond donors (Lipinski definition) is 3. The number of anilines is 1. The number of amides is 1. The molecule has 0 aliphatic carbocycles. The van der Waals surface area contributed by atoms with Crippen molar-refractivity contribution < 1.29 is 9.53 Å². The molecular formula is C23H24N6O2S. The SMILES string of the molecule is CCc1ccccc1NC(=O)CSc1nc2n[nH]c(C)c2c(=N)n1-c1cccc(OC)c1. The fourth-order valence-corrected chi connectivity index (χ4v) is 4.29. The first-order valence-corrected chi connectivity index (χ1v) is 11.2. The zero-order valence-corrected chi connectivity index (χ0v) is 18.9. The zero-order chi connectivity index (χ0) is 22.7.